The number of pyridine rings is 1. The van der Waals surface area contributed by atoms with Gasteiger partial charge in [0, 0.05) is 18.2 Å². The van der Waals surface area contributed by atoms with Crippen molar-refractivity contribution in [1.82, 2.24) is 9.71 Å². The van der Waals surface area contributed by atoms with Gasteiger partial charge >= 0.3 is 0 Å². The van der Waals surface area contributed by atoms with E-state index in [0.29, 0.717) is 0 Å². The summed E-state index contributed by atoms with van der Waals surface area (Å²) >= 11 is 0. The van der Waals surface area contributed by atoms with E-state index in [9.17, 15) is 17.6 Å². The molecule has 0 unspecified atom stereocenters. The molecule has 0 radical (unpaired) electrons. The Morgan fingerprint density at radius 2 is 2.14 bits per heavy atom. The number of nitrogens with zero attached hydrogens (tertiary/aromatic N) is 1. The van der Waals surface area contributed by atoms with Gasteiger partial charge in [-0.05, 0) is 38.1 Å². The summed E-state index contributed by atoms with van der Waals surface area (Å²) in [6, 6.07) is 5.02. The molecule has 2 rings (SSSR count). The van der Waals surface area contributed by atoms with Crippen molar-refractivity contribution in [2.24, 2.45) is 0 Å². The van der Waals surface area contributed by atoms with E-state index >= 15 is 0 Å². The predicted molar refractivity (Wildman–Crippen MR) is 78.1 cm³/mol. The molecule has 0 saturated heterocycles. The third-order valence-corrected chi connectivity index (χ3v) is 4.40. The molecule has 8 heteroatoms. The maximum atomic E-state index is 13.7. The zero-order chi connectivity index (χ0) is 16.3. The molecule has 0 spiro atoms. The number of carbonyl (C=O) groups excluding carboxylic acids is 1. The Bertz CT molecular complexity index is 808. The summed E-state index contributed by atoms with van der Waals surface area (Å²) in [6.45, 7) is 3.41. The first-order chi connectivity index (χ1) is 10.4. The van der Waals surface area contributed by atoms with E-state index in [2.05, 4.69) is 4.98 Å². The lowest BCUT2D eigenvalue weighted by molar-refractivity contribution is -0.129. The lowest BCUT2D eigenvalue weighted by Crippen LogP contribution is -2.38. The quantitative estimate of drug-likeness (QED) is 0.902. The van der Waals surface area contributed by atoms with Crippen molar-refractivity contribution < 1.29 is 22.3 Å². The van der Waals surface area contributed by atoms with E-state index in [-0.39, 0.29) is 22.4 Å². The van der Waals surface area contributed by atoms with Gasteiger partial charge in [-0.25, -0.2) is 17.5 Å². The maximum absolute atomic E-state index is 13.7. The second-order valence-electron chi connectivity index (χ2n) is 4.51. The van der Waals surface area contributed by atoms with Gasteiger partial charge in [0.2, 0.25) is 0 Å². The van der Waals surface area contributed by atoms with Crippen LogP contribution in [0.5, 0.6) is 0 Å². The first kappa shape index (κ1) is 16.3. The van der Waals surface area contributed by atoms with Gasteiger partial charge in [0.25, 0.3) is 15.9 Å². The van der Waals surface area contributed by atoms with Gasteiger partial charge in [-0.15, -0.1) is 0 Å². The molecule has 0 aliphatic rings. The summed E-state index contributed by atoms with van der Waals surface area (Å²) in [4.78, 5) is 15.4. The molecule has 22 heavy (non-hydrogen) atoms. The summed E-state index contributed by atoms with van der Waals surface area (Å²) in [6.07, 6.45) is 0.446. The standard InChI is InChI=1S/C14H15FN2O4S/c1-3-21-9(2)14(18)17-22(19,20)12-7-6-11(15)13-10(12)5-4-8-16-13/h4-9H,3H2,1-2H3,(H,17,18)/t9-/m1/s1. The first-order valence-corrected chi connectivity index (χ1v) is 8.06. The average molecular weight is 326 g/mol. The third-order valence-electron chi connectivity index (χ3n) is 2.99. The van der Waals surface area contributed by atoms with Crippen molar-refractivity contribution >= 4 is 26.8 Å². The number of nitrogens with one attached hydrogen (secondary N) is 1. The van der Waals surface area contributed by atoms with Crippen LogP contribution in [0.2, 0.25) is 0 Å². The number of rotatable bonds is 5. The number of benzene rings is 1. The fourth-order valence-corrected chi connectivity index (χ4v) is 3.18. The minimum Gasteiger partial charge on any atom is -0.369 e. The van der Waals surface area contributed by atoms with Crippen molar-refractivity contribution in [2.75, 3.05) is 6.61 Å². The number of ether oxygens (including phenoxy) is 1. The van der Waals surface area contributed by atoms with Crippen molar-refractivity contribution in [2.45, 2.75) is 24.8 Å². The lowest BCUT2D eigenvalue weighted by atomic mass is 10.2. The predicted octanol–water partition coefficient (Wildman–Crippen LogP) is 1.60. The SMILES string of the molecule is CCO[C@H](C)C(=O)NS(=O)(=O)c1ccc(F)c2ncccc12. The molecular formula is C14H15FN2O4S. The van der Waals surface area contributed by atoms with E-state index in [1.54, 1.807) is 6.92 Å². The number of amides is 1. The van der Waals surface area contributed by atoms with E-state index in [4.69, 9.17) is 4.74 Å². The van der Waals surface area contributed by atoms with Gasteiger partial charge in [-0.3, -0.25) is 9.78 Å². The topological polar surface area (TPSA) is 85.4 Å². The summed E-state index contributed by atoms with van der Waals surface area (Å²) in [7, 11) is -4.15. The minimum atomic E-state index is -4.15. The highest BCUT2D eigenvalue weighted by atomic mass is 32.2. The Morgan fingerprint density at radius 1 is 1.41 bits per heavy atom. The summed E-state index contributed by atoms with van der Waals surface area (Å²) in [5, 5.41) is 0.104. The Kier molecular flexibility index (Phi) is 4.72. The van der Waals surface area contributed by atoms with Crippen LogP contribution in [0.25, 0.3) is 10.9 Å². The van der Waals surface area contributed by atoms with Gasteiger partial charge in [0.1, 0.15) is 17.4 Å². The van der Waals surface area contributed by atoms with E-state index in [1.807, 2.05) is 4.72 Å². The van der Waals surface area contributed by atoms with E-state index in [0.717, 1.165) is 12.1 Å². The largest absolute Gasteiger partial charge is 0.369 e. The number of fused-ring (bicyclic) bond motifs is 1. The Labute approximate surface area is 127 Å². The summed E-state index contributed by atoms with van der Waals surface area (Å²) < 4.78 is 45.3. The highest BCUT2D eigenvalue weighted by Gasteiger charge is 2.24. The van der Waals surface area contributed by atoms with Crippen LogP contribution in [0.1, 0.15) is 13.8 Å². The molecule has 0 saturated carbocycles. The molecule has 118 valence electrons. The molecule has 2 aromatic rings. The number of hydrogen-bond acceptors (Lipinski definition) is 5. The molecule has 1 N–H and O–H groups in total. The lowest BCUT2D eigenvalue weighted by Gasteiger charge is -2.13. The Hall–Kier alpha value is -2.06. The number of halogens is 1. The molecule has 0 bridgehead atoms. The Balaban J connectivity index is 2.43. The van der Waals surface area contributed by atoms with Crippen molar-refractivity contribution in [3.8, 4) is 0 Å². The molecular weight excluding hydrogens is 311 g/mol. The average Bonchev–Trinajstić information content (AvgIpc) is 2.47. The fourth-order valence-electron chi connectivity index (χ4n) is 1.94. The molecule has 1 amide bonds. The highest BCUT2D eigenvalue weighted by Crippen LogP contribution is 2.23. The highest BCUT2D eigenvalue weighted by molar-refractivity contribution is 7.90. The third kappa shape index (κ3) is 3.23. The molecule has 0 aliphatic carbocycles. The minimum absolute atomic E-state index is 0.0734. The zero-order valence-corrected chi connectivity index (χ0v) is 12.9. The molecule has 1 heterocycles. The fraction of sp³-hybridized carbons (Fsp3) is 0.286. The van der Waals surface area contributed by atoms with E-state index in [1.165, 1.54) is 25.3 Å². The molecule has 0 aliphatic heterocycles. The van der Waals surface area contributed by atoms with Crippen LogP contribution in [0.15, 0.2) is 35.4 Å². The summed E-state index contributed by atoms with van der Waals surface area (Å²) in [5.74, 6) is -1.42. The van der Waals surface area contributed by atoms with Crippen LogP contribution in [-0.4, -0.2) is 32.0 Å². The normalized spacial score (nSPS) is 13.0. The van der Waals surface area contributed by atoms with Crippen LogP contribution in [0, 0.1) is 5.82 Å². The van der Waals surface area contributed by atoms with Gasteiger partial charge in [0.05, 0.1) is 4.90 Å². The second-order valence-corrected chi connectivity index (χ2v) is 6.16. The maximum Gasteiger partial charge on any atom is 0.264 e. The number of carbonyl (C=O) groups is 1. The van der Waals surface area contributed by atoms with Crippen LogP contribution in [0.3, 0.4) is 0 Å². The molecule has 1 atom stereocenters. The molecule has 1 aromatic heterocycles. The number of hydrogen-bond donors (Lipinski definition) is 1. The molecule has 1 aromatic carbocycles. The molecule has 0 fully saturated rings. The van der Waals surface area contributed by atoms with Crippen LogP contribution in [0.4, 0.5) is 4.39 Å². The second kappa shape index (κ2) is 6.37. The van der Waals surface area contributed by atoms with Crippen molar-refractivity contribution in [3.63, 3.8) is 0 Å². The van der Waals surface area contributed by atoms with Crippen LogP contribution >= 0.6 is 0 Å². The van der Waals surface area contributed by atoms with Gasteiger partial charge in [-0.2, -0.15) is 0 Å². The van der Waals surface area contributed by atoms with Crippen molar-refractivity contribution in [1.29, 1.82) is 0 Å². The smallest absolute Gasteiger partial charge is 0.264 e. The van der Waals surface area contributed by atoms with Gasteiger partial charge < -0.3 is 4.74 Å². The van der Waals surface area contributed by atoms with Crippen LogP contribution in [-0.2, 0) is 19.6 Å². The number of sulfonamides is 1. The monoisotopic (exact) mass is 326 g/mol. The Morgan fingerprint density at radius 3 is 2.82 bits per heavy atom. The summed E-state index contributed by atoms with van der Waals surface area (Å²) in [5.41, 5.74) is -0.0734. The van der Waals surface area contributed by atoms with Crippen LogP contribution < -0.4 is 4.72 Å². The van der Waals surface area contributed by atoms with Gasteiger partial charge in [0.15, 0.2) is 0 Å². The van der Waals surface area contributed by atoms with Crippen molar-refractivity contribution in [3.05, 3.63) is 36.3 Å². The first-order valence-electron chi connectivity index (χ1n) is 6.58. The molecule has 6 nitrogen and oxygen atoms in total. The van der Waals surface area contributed by atoms with E-state index < -0.39 is 27.9 Å². The van der Waals surface area contributed by atoms with Gasteiger partial charge in [-0.1, -0.05) is 0 Å². The number of aromatic nitrogens is 1. The zero-order valence-electron chi connectivity index (χ0n) is 12.0.